The van der Waals surface area contributed by atoms with Gasteiger partial charge in [0.25, 0.3) is 5.91 Å². The van der Waals surface area contributed by atoms with E-state index in [4.69, 9.17) is 32.7 Å². The summed E-state index contributed by atoms with van der Waals surface area (Å²) in [6, 6.07) is 17.2. The molecule has 226 valence electrons. The van der Waals surface area contributed by atoms with Crippen molar-refractivity contribution in [3.05, 3.63) is 96.4 Å². The van der Waals surface area contributed by atoms with Crippen LogP contribution < -0.4 is 24.6 Å². The second-order valence-corrected chi connectivity index (χ2v) is 13.2. The maximum atomic E-state index is 14.0. The molecule has 0 aliphatic carbocycles. The number of rotatable bonds is 8. The summed E-state index contributed by atoms with van der Waals surface area (Å²) in [6.07, 6.45) is 0. The van der Waals surface area contributed by atoms with Gasteiger partial charge in [-0.15, -0.1) is 0 Å². The third-order valence-corrected chi connectivity index (χ3v) is 10.4. The standard InChI is InChI=1S/C31H25Cl2N3O6S2/c1-3-41-22-12-16(6-11-21(22)42-14-23(37)34-17-7-10-19(32)20(33)13-17)24-25-27(43-28-26(24)44-31(40)35-28)30(39)36(29(25)38)18-8-4-15(2)5-9-18/h4-13,24-25,27H,3,14H2,1-2H3,(H,34,37)(H,35,40)/t24-,25-,27+/m0/s1. The summed E-state index contributed by atoms with van der Waals surface area (Å²) in [5, 5.41) is 3.25. The predicted octanol–water partition coefficient (Wildman–Crippen LogP) is 6.26. The molecule has 2 N–H and O–H groups in total. The van der Waals surface area contributed by atoms with Gasteiger partial charge in [0.15, 0.2) is 18.1 Å². The number of thiazole rings is 1. The molecule has 0 unspecified atom stereocenters. The average Bonchev–Trinajstić information content (AvgIpc) is 3.49. The summed E-state index contributed by atoms with van der Waals surface area (Å²) >= 11 is 14.2. The number of amides is 3. The van der Waals surface area contributed by atoms with Crippen LogP contribution in [0.15, 0.2) is 70.5 Å². The van der Waals surface area contributed by atoms with Crippen molar-refractivity contribution in [1.82, 2.24) is 4.98 Å². The normalized spacial score (nSPS) is 19.0. The van der Waals surface area contributed by atoms with Crippen molar-refractivity contribution in [3.8, 4) is 11.5 Å². The number of hydrogen-bond donors (Lipinski definition) is 2. The lowest BCUT2D eigenvalue weighted by Crippen LogP contribution is -2.32. The van der Waals surface area contributed by atoms with Gasteiger partial charge in [0.2, 0.25) is 11.8 Å². The number of aryl methyl sites for hydroxylation is 1. The van der Waals surface area contributed by atoms with Gasteiger partial charge >= 0.3 is 4.87 Å². The summed E-state index contributed by atoms with van der Waals surface area (Å²) in [6.45, 7) is 3.74. The van der Waals surface area contributed by atoms with Gasteiger partial charge in [-0.3, -0.25) is 19.2 Å². The lowest BCUT2D eigenvalue weighted by Gasteiger charge is -2.30. The van der Waals surface area contributed by atoms with E-state index >= 15 is 0 Å². The van der Waals surface area contributed by atoms with E-state index < -0.39 is 23.0 Å². The number of nitrogens with zero attached hydrogens (tertiary/aromatic N) is 1. The first-order valence-electron chi connectivity index (χ1n) is 13.6. The third kappa shape index (κ3) is 5.72. The number of nitrogens with one attached hydrogen (secondary N) is 2. The Balaban J connectivity index is 1.30. The molecule has 3 heterocycles. The number of aromatic amines is 1. The van der Waals surface area contributed by atoms with Crippen LogP contribution in [-0.4, -0.2) is 41.2 Å². The van der Waals surface area contributed by atoms with E-state index in [1.54, 1.807) is 42.5 Å². The van der Waals surface area contributed by atoms with E-state index in [1.807, 2.05) is 26.0 Å². The lowest BCUT2D eigenvalue weighted by atomic mass is 9.83. The fourth-order valence-electron chi connectivity index (χ4n) is 5.34. The Bertz CT molecular complexity index is 1840. The first kappa shape index (κ1) is 30.3. The molecule has 0 spiro atoms. The van der Waals surface area contributed by atoms with Gasteiger partial charge in [-0.1, -0.05) is 70.1 Å². The number of H-pyrrole nitrogens is 1. The Morgan fingerprint density at radius 2 is 1.73 bits per heavy atom. The molecule has 0 saturated carbocycles. The first-order valence-corrected chi connectivity index (χ1v) is 16.1. The number of halogens is 2. The van der Waals surface area contributed by atoms with E-state index in [2.05, 4.69) is 10.3 Å². The molecule has 3 atom stereocenters. The number of benzene rings is 3. The highest BCUT2D eigenvalue weighted by Crippen LogP contribution is 2.53. The summed E-state index contributed by atoms with van der Waals surface area (Å²) < 4.78 is 11.7. The van der Waals surface area contributed by atoms with Gasteiger partial charge in [-0.2, -0.15) is 0 Å². The average molecular weight is 671 g/mol. The SMILES string of the molecule is CCOc1cc([C@@H]2c3sc(=O)[nH]c3S[C@H]3C(=O)N(c4ccc(C)cc4)C(=O)[C@@H]23)ccc1OCC(=O)Nc1ccc(Cl)c(Cl)c1. The molecule has 13 heteroatoms. The van der Waals surface area contributed by atoms with Crippen LogP contribution in [0.5, 0.6) is 11.5 Å². The zero-order chi connectivity index (χ0) is 31.1. The minimum Gasteiger partial charge on any atom is -0.490 e. The Kier molecular flexibility index (Phi) is 8.47. The summed E-state index contributed by atoms with van der Waals surface area (Å²) in [5.41, 5.74) is 2.67. The molecule has 2 aliphatic rings. The van der Waals surface area contributed by atoms with E-state index in [-0.39, 0.29) is 23.3 Å². The highest BCUT2D eigenvalue weighted by molar-refractivity contribution is 8.00. The fraction of sp³-hybridized carbons (Fsp3) is 0.226. The molecule has 44 heavy (non-hydrogen) atoms. The molecule has 3 aromatic carbocycles. The number of aromatic nitrogens is 1. The van der Waals surface area contributed by atoms with Crippen molar-refractivity contribution in [1.29, 1.82) is 0 Å². The van der Waals surface area contributed by atoms with Gasteiger partial charge in [0, 0.05) is 16.5 Å². The molecule has 9 nitrogen and oxygen atoms in total. The second-order valence-electron chi connectivity index (χ2n) is 10.2. The van der Waals surface area contributed by atoms with Gasteiger partial charge < -0.3 is 19.8 Å². The lowest BCUT2D eigenvalue weighted by molar-refractivity contribution is -0.122. The molecular formula is C31H25Cl2N3O6S2. The maximum absolute atomic E-state index is 14.0. The second kappa shape index (κ2) is 12.3. The van der Waals surface area contributed by atoms with Crippen molar-refractivity contribution < 1.29 is 23.9 Å². The highest BCUT2D eigenvalue weighted by atomic mass is 35.5. The van der Waals surface area contributed by atoms with Crippen LogP contribution in [0, 0.1) is 12.8 Å². The third-order valence-electron chi connectivity index (χ3n) is 7.30. The van der Waals surface area contributed by atoms with Crippen LogP contribution in [0.4, 0.5) is 11.4 Å². The first-order chi connectivity index (χ1) is 21.1. The van der Waals surface area contributed by atoms with E-state index in [9.17, 15) is 19.2 Å². The molecule has 2 aliphatic heterocycles. The van der Waals surface area contributed by atoms with Crippen molar-refractivity contribution in [3.63, 3.8) is 0 Å². The van der Waals surface area contributed by atoms with E-state index in [0.29, 0.717) is 55.0 Å². The summed E-state index contributed by atoms with van der Waals surface area (Å²) in [7, 11) is 0. The van der Waals surface area contributed by atoms with E-state index in [1.165, 1.54) is 22.7 Å². The fourth-order valence-corrected chi connectivity index (χ4v) is 8.16. The molecule has 3 amide bonds. The minimum absolute atomic E-state index is 0.263. The van der Waals surface area contributed by atoms with Crippen molar-refractivity contribution in [2.75, 3.05) is 23.4 Å². The number of thioether (sulfide) groups is 1. The zero-order valence-electron chi connectivity index (χ0n) is 23.4. The Labute approximate surface area is 270 Å². The quantitative estimate of drug-likeness (QED) is 0.213. The van der Waals surface area contributed by atoms with Crippen LogP contribution >= 0.6 is 46.3 Å². The molecule has 4 aromatic rings. The van der Waals surface area contributed by atoms with Gasteiger partial charge in [0.1, 0.15) is 5.25 Å². The summed E-state index contributed by atoms with van der Waals surface area (Å²) in [5.74, 6) is -1.73. The van der Waals surface area contributed by atoms with Crippen LogP contribution in [0.3, 0.4) is 0 Å². The van der Waals surface area contributed by atoms with Crippen LogP contribution in [0.25, 0.3) is 0 Å². The Morgan fingerprint density at radius 3 is 2.45 bits per heavy atom. The number of hydrogen-bond acceptors (Lipinski definition) is 8. The number of carbonyl (C=O) groups excluding carboxylic acids is 3. The largest absolute Gasteiger partial charge is 0.490 e. The Hall–Kier alpha value is -3.77. The maximum Gasteiger partial charge on any atom is 0.305 e. The number of ether oxygens (including phenoxy) is 2. The topological polar surface area (TPSA) is 118 Å². The van der Waals surface area contributed by atoms with E-state index in [0.717, 1.165) is 16.9 Å². The van der Waals surface area contributed by atoms with Gasteiger partial charge in [-0.25, -0.2) is 4.90 Å². The van der Waals surface area contributed by atoms with Crippen LogP contribution in [0.2, 0.25) is 10.0 Å². The monoisotopic (exact) mass is 669 g/mol. The van der Waals surface area contributed by atoms with Crippen molar-refractivity contribution in [2.45, 2.75) is 30.0 Å². The van der Waals surface area contributed by atoms with Crippen molar-refractivity contribution >= 4 is 75.4 Å². The molecule has 1 saturated heterocycles. The highest BCUT2D eigenvalue weighted by Gasteiger charge is 2.56. The van der Waals surface area contributed by atoms with Gasteiger partial charge in [-0.05, 0) is 61.9 Å². The number of imide groups is 1. The smallest absolute Gasteiger partial charge is 0.305 e. The number of fused-ring (bicyclic) bond motifs is 2. The molecule has 6 rings (SSSR count). The Morgan fingerprint density at radius 1 is 0.955 bits per heavy atom. The number of carbonyl (C=O) groups is 3. The van der Waals surface area contributed by atoms with Gasteiger partial charge in [0.05, 0.1) is 33.3 Å². The number of anilines is 2. The molecule has 0 bridgehead atoms. The minimum atomic E-state index is -0.744. The van der Waals surface area contributed by atoms with Crippen molar-refractivity contribution in [2.24, 2.45) is 5.92 Å². The predicted molar refractivity (Wildman–Crippen MR) is 172 cm³/mol. The van der Waals surface area contributed by atoms with Crippen LogP contribution in [0.1, 0.15) is 28.8 Å². The molecule has 0 radical (unpaired) electrons. The summed E-state index contributed by atoms with van der Waals surface area (Å²) in [4.78, 5) is 57.2. The molecule has 1 fully saturated rings. The molecular weight excluding hydrogens is 645 g/mol. The molecule has 1 aromatic heterocycles. The van der Waals surface area contributed by atoms with Crippen LogP contribution in [-0.2, 0) is 14.4 Å². The zero-order valence-corrected chi connectivity index (χ0v) is 26.5.